The molecule has 0 aromatic carbocycles. The van der Waals surface area contributed by atoms with Crippen LogP contribution < -0.4 is 4.90 Å². The van der Waals surface area contributed by atoms with Gasteiger partial charge in [0.05, 0.1) is 31.4 Å². The Balaban J connectivity index is 2.01. The molecule has 0 amide bonds. The van der Waals surface area contributed by atoms with Crippen LogP contribution in [0.25, 0.3) is 22.7 Å². The van der Waals surface area contributed by atoms with Crippen LogP contribution >= 0.6 is 0 Å². The van der Waals surface area contributed by atoms with Gasteiger partial charge in [-0.25, -0.2) is 9.97 Å². The highest BCUT2D eigenvalue weighted by Crippen LogP contribution is 2.30. The summed E-state index contributed by atoms with van der Waals surface area (Å²) in [5.41, 5.74) is 2.11. The summed E-state index contributed by atoms with van der Waals surface area (Å²) in [5, 5.41) is 0. The topological polar surface area (TPSA) is 86.4 Å². The SMILES string of the molecule is COCCN(CCOC)c1ncc(-c2cnccn2)c(-c2ccco2)n1. The highest BCUT2D eigenvalue weighted by molar-refractivity contribution is 5.76. The van der Waals surface area contributed by atoms with E-state index < -0.39 is 0 Å². The monoisotopic (exact) mass is 355 g/mol. The molecular weight excluding hydrogens is 334 g/mol. The van der Waals surface area contributed by atoms with Gasteiger partial charge in [0.2, 0.25) is 5.95 Å². The molecule has 0 radical (unpaired) electrons. The van der Waals surface area contributed by atoms with E-state index in [1.54, 1.807) is 45.3 Å². The quantitative estimate of drug-likeness (QED) is 0.578. The first-order valence-electron chi connectivity index (χ1n) is 8.23. The van der Waals surface area contributed by atoms with Crippen molar-refractivity contribution in [3.8, 4) is 22.7 Å². The number of anilines is 1. The maximum absolute atomic E-state index is 5.57. The minimum Gasteiger partial charge on any atom is -0.463 e. The third-order valence-electron chi connectivity index (χ3n) is 3.78. The number of rotatable bonds is 9. The highest BCUT2D eigenvalue weighted by Gasteiger charge is 2.18. The Bertz CT molecular complexity index is 788. The van der Waals surface area contributed by atoms with Crippen molar-refractivity contribution in [3.05, 3.63) is 43.2 Å². The molecule has 8 nitrogen and oxygen atoms in total. The van der Waals surface area contributed by atoms with Gasteiger partial charge in [-0.05, 0) is 12.1 Å². The Hall–Kier alpha value is -2.84. The normalized spacial score (nSPS) is 10.8. The third-order valence-corrected chi connectivity index (χ3v) is 3.78. The molecule has 0 atom stereocenters. The molecule has 0 N–H and O–H groups in total. The van der Waals surface area contributed by atoms with Gasteiger partial charge in [-0.1, -0.05) is 0 Å². The Morgan fingerprint density at radius 3 is 2.46 bits per heavy atom. The first kappa shape index (κ1) is 18.0. The van der Waals surface area contributed by atoms with Gasteiger partial charge in [-0.15, -0.1) is 0 Å². The second kappa shape index (κ2) is 9.02. The summed E-state index contributed by atoms with van der Waals surface area (Å²) in [4.78, 5) is 19.8. The summed E-state index contributed by atoms with van der Waals surface area (Å²) in [6.45, 7) is 2.44. The summed E-state index contributed by atoms with van der Waals surface area (Å²) in [6.07, 6.45) is 8.31. The average Bonchev–Trinajstić information content (AvgIpc) is 3.23. The summed E-state index contributed by atoms with van der Waals surface area (Å²) in [7, 11) is 3.33. The number of ether oxygens (including phenoxy) is 2. The molecule has 0 aliphatic rings. The minimum absolute atomic E-state index is 0.565. The smallest absolute Gasteiger partial charge is 0.226 e. The Morgan fingerprint density at radius 1 is 1.04 bits per heavy atom. The van der Waals surface area contributed by atoms with Gasteiger partial charge in [0.15, 0.2) is 5.76 Å². The zero-order valence-corrected chi connectivity index (χ0v) is 14.8. The van der Waals surface area contributed by atoms with E-state index >= 15 is 0 Å². The fourth-order valence-corrected chi connectivity index (χ4v) is 2.47. The van der Waals surface area contributed by atoms with Crippen LogP contribution in [0.4, 0.5) is 5.95 Å². The van der Waals surface area contributed by atoms with Gasteiger partial charge in [0.1, 0.15) is 5.69 Å². The molecule has 3 heterocycles. The van der Waals surface area contributed by atoms with Crippen LogP contribution in [0.2, 0.25) is 0 Å². The van der Waals surface area contributed by atoms with Crippen molar-refractivity contribution < 1.29 is 13.9 Å². The largest absolute Gasteiger partial charge is 0.463 e. The van der Waals surface area contributed by atoms with Gasteiger partial charge in [-0.3, -0.25) is 9.97 Å². The highest BCUT2D eigenvalue weighted by atomic mass is 16.5. The lowest BCUT2D eigenvalue weighted by molar-refractivity contribution is 0.189. The molecule has 0 aliphatic carbocycles. The van der Waals surface area contributed by atoms with Crippen molar-refractivity contribution in [1.82, 2.24) is 19.9 Å². The predicted molar refractivity (Wildman–Crippen MR) is 96.7 cm³/mol. The molecule has 0 spiro atoms. The van der Waals surface area contributed by atoms with Gasteiger partial charge < -0.3 is 18.8 Å². The molecule has 0 fully saturated rings. The zero-order valence-electron chi connectivity index (χ0n) is 14.8. The molecule has 136 valence electrons. The standard InChI is InChI=1S/C18H21N5O3/c1-24-10-7-23(8-11-25-2)18-21-12-14(15-13-19-5-6-20-15)17(22-18)16-4-3-9-26-16/h3-6,9,12-13H,7-8,10-11H2,1-2H3. The van der Waals surface area contributed by atoms with Crippen LogP contribution in [0.5, 0.6) is 0 Å². The molecule has 8 heteroatoms. The van der Waals surface area contributed by atoms with Crippen LogP contribution in [-0.2, 0) is 9.47 Å². The molecule has 3 aromatic rings. The summed E-state index contributed by atoms with van der Waals surface area (Å²) < 4.78 is 16.0. The lowest BCUT2D eigenvalue weighted by Gasteiger charge is -2.22. The van der Waals surface area contributed by atoms with Crippen molar-refractivity contribution in [2.75, 3.05) is 45.4 Å². The molecule has 3 aromatic heterocycles. The first-order chi connectivity index (χ1) is 12.8. The van der Waals surface area contributed by atoms with Gasteiger partial charge >= 0.3 is 0 Å². The maximum Gasteiger partial charge on any atom is 0.226 e. The Kier molecular flexibility index (Phi) is 6.24. The molecule has 0 saturated carbocycles. The van der Waals surface area contributed by atoms with Crippen LogP contribution in [-0.4, -0.2) is 60.5 Å². The van der Waals surface area contributed by atoms with Crippen molar-refractivity contribution in [2.24, 2.45) is 0 Å². The number of methoxy groups -OCH3 is 2. The Morgan fingerprint density at radius 2 is 1.85 bits per heavy atom. The van der Waals surface area contributed by atoms with Gasteiger partial charge in [0, 0.05) is 51.5 Å². The van der Waals surface area contributed by atoms with Crippen molar-refractivity contribution in [1.29, 1.82) is 0 Å². The van der Waals surface area contributed by atoms with E-state index in [1.807, 2.05) is 17.0 Å². The molecule has 26 heavy (non-hydrogen) atoms. The van der Waals surface area contributed by atoms with Gasteiger partial charge in [-0.2, -0.15) is 0 Å². The second-order valence-corrected chi connectivity index (χ2v) is 5.47. The molecule has 0 bridgehead atoms. The number of nitrogens with zero attached hydrogens (tertiary/aromatic N) is 5. The molecule has 0 saturated heterocycles. The van der Waals surface area contributed by atoms with E-state index in [1.165, 1.54) is 0 Å². The van der Waals surface area contributed by atoms with Crippen LogP contribution in [0, 0.1) is 0 Å². The number of furan rings is 1. The summed E-state index contributed by atoms with van der Waals surface area (Å²) >= 11 is 0. The average molecular weight is 355 g/mol. The van der Waals surface area contributed by atoms with Gasteiger partial charge in [0.25, 0.3) is 0 Å². The van der Waals surface area contributed by atoms with Crippen LogP contribution in [0.3, 0.4) is 0 Å². The maximum atomic E-state index is 5.57. The van der Waals surface area contributed by atoms with Crippen molar-refractivity contribution >= 4 is 5.95 Å². The summed E-state index contributed by atoms with van der Waals surface area (Å²) in [5.74, 6) is 1.23. The second-order valence-electron chi connectivity index (χ2n) is 5.47. The van der Waals surface area contributed by atoms with Crippen LogP contribution in [0.15, 0.2) is 47.6 Å². The Labute approximate surface area is 151 Å². The third kappa shape index (κ3) is 4.22. The fraction of sp³-hybridized carbons (Fsp3) is 0.333. The lowest BCUT2D eigenvalue weighted by atomic mass is 10.1. The van der Waals surface area contributed by atoms with E-state index in [-0.39, 0.29) is 0 Å². The van der Waals surface area contributed by atoms with E-state index in [0.717, 1.165) is 5.56 Å². The minimum atomic E-state index is 0.565. The number of hydrogen-bond acceptors (Lipinski definition) is 8. The zero-order chi connectivity index (χ0) is 18.2. The molecule has 3 rings (SSSR count). The fourth-order valence-electron chi connectivity index (χ4n) is 2.47. The van der Waals surface area contributed by atoms with E-state index in [9.17, 15) is 0 Å². The molecule has 0 aliphatic heterocycles. The lowest BCUT2D eigenvalue weighted by Crippen LogP contribution is -2.32. The van der Waals surface area contributed by atoms with Crippen molar-refractivity contribution in [3.63, 3.8) is 0 Å². The van der Waals surface area contributed by atoms with Crippen LogP contribution in [0.1, 0.15) is 0 Å². The first-order valence-corrected chi connectivity index (χ1v) is 8.23. The van der Waals surface area contributed by atoms with Crippen molar-refractivity contribution in [2.45, 2.75) is 0 Å². The van der Waals surface area contributed by atoms with E-state index in [0.29, 0.717) is 49.4 Å². The van der Waals surface area contributed by atoms with E-state index in [2.05, 4.69) is 15.0 Å². The summed E-state index contributed by atoms with van der Waals surface area (Å²) in [6, 6.07) is 3.69. The predicted octanol–water partition coefficient (Wildman–Crippen LogP) is 2.29. The molecular formula is C18H21N5O3. The van der Waals surface area contributed by atoms with E-state index in [4.69, 9.17) is 18.9 Å². The number of aromatic nitrogens is 4. The molecule has 0 unspecified atom stereocenters. The number of hydrogen-bond donors (Lipinski definition) is 0.